The van der Waals surface area contributed by atoms with Gasteiger partial charge < -0.3 is 41.4 Å². The second kappa shape index (κ2) is 19.3. The van der Waals surface area contributed by atoms with Crippen molar-refractivity contribution in [2.45, 2.75) is 104 Å². The Hall–Kier alpha value is -5.35. The third kappa shape index (κ3) is 11.8. The zero-order valence-corrected chi connectivity index (χ0v) is 32.3. The Morgan fingerprint density at radius 2 is 1.67 bits per heavy atom. The first-order valence-corrected chi connectivity index (χ1v) is 18.8. The fraction of sp³-hybridized carbons (Fsp3) is 0.513. The van der Waals surface area contributed by atoms with E-state index in [4.69, 9.17) is 15.5 Å². The molecule has 1 aliphatic heterocycles. The lowest BCUT2D eigenvalue weighted by molar-refractivity contribution is -0.137. The van der Waals surface area contributed by atoms with Crippen molar-refractivity contribution in [3.63, 3.8) is 0 Å². The van der Waals surface area contributed by atoms with Crippen LogP contribution in [0.5, 0.6) is 0 Å². The van der Waals surface area contributed by atoms with Crippen LogP contribution in [0.4, 0.5) is 10.6 Å². The van der Waals surface area contributed by atoms with Gasteiger partial charge in [-0.25, -0.2) is 9.78 Å². The number of nitrogens with one attached hydrogen (secondary N) is 4. The molecule has 3 heterocycles. The molecule has 3 aromatic rings. The van der Waals surface area contributed by atoms with Crippen LogP contribution in [0.1, 0.15) is 78.8 Å². The predicted octanol–water partition coefficient (Wildman–Crippen LogP) is 2.99. The fourth-order valence-corrected chi connectivity index (χ4v) is 6.43. The van der Waals surface area contributed by atoms with E-state index in [2.05, 4.69) is 21.3 Å². The maximum absolute atomic E-state index is 14.1. The van der Waals surface area contributed by atoms with Crippen molar-refractivity contribution in [1.82, 2.24) is 30.4 Å². The topological polar surface area (TPSA) is 227 Å². The Morgan fingerprint density at radius 3 is 2.33 bits per heavy atom. The monoisotopic (exact) mass is 762 g/mol. The molecule has 0 saturated heterocycles. The number of imide groups is 1. The summed E-state index contributed by atoms with van der Waals surface area (Å²) in [6, 6.07) is 6.59. The lowest BCUT2D eigenvalue weighted by atomic mass is 10.0. The van der Waals surface area contributed by atoms with Gasteiger partial charge in [0, 0.05) is 54.7 Å². The van der Waals surface area contributed by atoms with E-state index in [1.54, 1.807) is 27.7 Å². The first kappa shape index (κ1) is 42.4. The van der Waals surface area contributed by atoms with Gasteiger partial charge in [-0.15, -0.1) is 0 Å². The van der Waals surface area contributed by atoms with E-state index in [1.165, 1.54) is 12.2 Å². The van der Waals surface area contributed by atoms with Gasteiger partial charge in [-0.2, -0.15) is 0 Å². The number of nitrogens with zero attached hydrogens (tertiary/aromatic N) is 3. The largest absolute Gasteiger partial charge is 0.389 e. The first-order valence-electron chi connectivity index (χ1n) is 18.8. The molecule has 16 nitrogen and oxygen atoms in total. The number of hydrogen-bond acceptors (Lipinski definition) is 9. The molecule has 7 amide bonds. The number of unbranched alkanes of at least 4 members (excludes halogenated alkanes) is 2. The number of anilines is 1. The smallest absolute Gasteiger partial charge is 0.312 e. The van der Waals surface area contributed by atoms with Crippen LogP contribution in [0.3, 0.4) is 0 Å². The van der Waals surface area contributed by atoms with Gasteiger partial charge in [-0.05, 0) is 64.5 Å². The summed E-state index contributed by atoms with van der Waals surface area (Å²) >= 11 is 0. The average Bonchev–Trinajstić information content (AvgIpc) is 3.64. The average molecular weight is 763 g/mol. The Balaban J connectivity index is 1.53. The van der Waals surface area contributed by atoms with Crippen LogP contribution in [0.15, 0.2) is 42.5 Å². The third-order valence-electron chi connectivity index (χ3n) is 9.12. The Bertz CT molecular complexity index is 1900. The zero-order valence-electron chi connectivity index (χ0n) is 32.3. The van der Waals surface area contributed by atoms with Crippen LogP contribution >= 0.6 is 0 Å². The van der Waals surface area contributed by atoms with Gasteiger partial charge in [0.15, 0.2) is 0 Å². The van der Waals surface area contributed by atoms with E-state index in [1.807, 2.05) is 41.8 Å². The molecule has 0 aliphatic carbocycles. The number of primary amides is 1. The van der Waals surface area contributed by atoms with Gasteiger partial charge in [0.05, 0.1) is 29.8 Å². The molecular weight excluding hydrogens is 708 g/mol. The molecule has 0 bridgehead atoms. The number of aromatic nitrogens is 2. The highest BCUT2D eigenvalue weighted by molar-refractivity contribution is 6.13. The van der Waals surface area contributed by atoms with Crippen molar-refractivity contribution in [3.05, 3.63) is 48.2 Å². The van der Waals surface area contributed by atoms with Gasteiger partial charge in [-0.1, -0.05) is 38.5 Å². The van der Waals surface area contributed by atoms with Gasteiger partial charge in [0.2, 0.25) is 17.7 Å². The standard InChI is InChI=1S/C39H54N8O8/c1-6-55-22-25-21-27-34(47(25)23-39(4,5)54)26-13-9-10-14-28(26)42-35(27)45-36(51)29(15-12-19-41-38(40)53)43-37(52)33(24(2)3)44-30(48)16-8-7-11-20-46-31(49)17-18-32(46)50/h9-10,13-14,17-18,21,24,29,33,54H,6-8,11-12,15-16,19-20,22-23H2,1-5H3,(H,43,52)(H,44,48)(H3,40,41,53)(H,42,45,51). The highest BCUT2D eigenvalue weighted by atomic mass is 16.5. The van der Waals surface area contributed by atoms with Crippen LogP contribution in [0.25, 0.3) is 21.8 Å². The van der Waals surface area contributed by atoms with Crippen molar-refractivity contribution in [2.75, 3.05) is 25.0 Å². The Kier molecular flexibility index (Phi) is 14.9. The minimum absolute atomic E-state index is 0.125. The molecule has 0 saturated carbocycles. The second-order valence-corrected chi connectivity index (χ2v) is 14.7. The van der Waals surface area contributed by atoms with E-state index >= 15 is 0 Å². The van der Waals surface area contributed by atoms with E-state index in [9.17, 15) is 33.9 Å². The van der Waals surface area contributed by atoms with Crippen LogP contribution in [0.2, 0.25) is 0 Å². The number of pyridine rings is 1. The maximum atomic E-state index is 14.1. The van der Waals surface area contributed by atoms with E-state index in [0.717, 1.165) is 21.5 Å². The quantitative estimate of drug-likeness (QED) is 0.0692. The Labute approximate surface area is 320 Å². The molecule has 2 unspecified atom stereocenters. The minimum atomic E-state index is -1.09. The molecule has 0 spiro atoms. The number of aliphatic hydroxyl groups is 1. The summed E-state index contributed by atoms with van der Waals surface area (Å²) in [5.41, 5.74) is 6.29. The normalized spacial score (nSPS) is 14.1. The van der Waals surface area contributed by atoms with Gasteiger partial charge in [0.25, 0.3) is 11.8 Å². The number of rotatable bonds is 21. The lowest BCUT2D eigenvalue weighted by Gasteiger charge is -2.25. The minimum Gasteiger partial charge on any atom is -0.389 e. The van der Waals surface area contributed by atoms with Crippen molar-refractivity contribution < 1.29 is 38.6 Å². The lowest BCUT2D eigenvalue weighted by Crippen LogP contribution is -2.54. The third-order valence-corrected chi connectivity index (χ3v) is 9.12. The Morgan fingerprint density at radius 1 is 0.964 bits per heavy atom. The van der Waals surface area contributed by atoms with E-state index in [-0.39, 0.29) is 68.5 Å². The molecule has 298 valence electrons. The number of fused-ring (bicyclic) bond motifs is 3. The summed E-state index contributed by atoms with van der Waals surface area (Å²) in [4.78, 5) is 81.6. The summed E-state index contributed by atoms with van der Waals surface area (Å²) < 4.78 is 7.74. The molecule has 1 aromatic carbocycles. The highest BCUT2D eigenvalue weighted by Gasteiger charge is 2.30. The molecule has 7 N–H and O–H groups in total. The zero-order chi connectivity index (χ0) is 40.3. The van der Waals surface area contributed by atoms with Crippen LogP contribution in [0, 0.1) is 5.92 Å². The summed E-state index contributed by atoms with van der Waals surface area (Å²) in [5, 5.41) is 23.3. The number of hydrogen-bond donors (Lipinski definition) is 6. The van der Waals surface area contributed by atoms with Crippen LogP contribution < -0.4 is 27.0 Å². The predicted molar refractivity (Wildman–Crippen MR) is 207 cm³/mol. The van der Waals surface area contributed by atoms with E-state index in [0.29, 0.717) is 43.2 Å². The maximum Gasteiger partial charge on any atom is 0.312 e. The first-order chi connectivity index (χ1) is 26.1. The summed E-state index contributed by atoms with van der Waals surface area (Å²) in [6.45, 7) is 10.3. The molecule has 2 atom stereocenters. The number of carbonyl (C=O) groups is 6. The number of nitrogens with two attached hydrogens (primary N) is 1. The number of ether oxygens (including phenoxy) is 1. The van der Waals surface area contributed by atoms with Crippen molar-refractivity contribution >= 4 is 63.2 Å². The number of carbonyl (C=O) groups excluding carboxylic acids is 6. The van der Waals surface area contributed by atoms with Crippen LogP contribution in [-0.4, -0.2) is 92.5 Å². The SMILES string of the molecule is CCOCc1cc2c(NC(=O)C(CCCNC(N)=O)NC(=O)C(NC(=O)CCCCCN3C(=O)C=CC3=O)C(C)C)nc3ccccc3c2n1CC(C)(C)O. The molecule has 0 fully saturated rings. The summed E-state index contributed by atoms with van der Waals surface area (Å²) in [5.74, 6) is -2.24. The molecule has 4 rings (SSSR count). The molecule has 55 heavy (non-hydrogen) atoms. The number of amides is 7. The van der Waals surface area contributed by atoms with Crippen molar-refractivity contribution in [2.24, 2.45) is 11.7 Å². The molecule has 0 radical (unpaired) electrons. The van der Waals surface area contributed by atoms with Crippen molar-refractivity contribution in [3.8, 4) is 0 Å². The fourth-order valence-electron chi connectivity index (χ4n) is 6.43. The molecule has 2 aromatic heterocycles. The number of benzene rings is 1. The summed E-state index contributed by atoms with van der Waals surface area (Å²) in [7, 11) is 0. The van der Waals surface area contributed by atoms with Gasteiger partial charge >= 0.3 is 6.03 Å². The van der Waals surface area contributed by atoms with Gasteiger partial charge in [-0.3, -0.25) is 28.9 Å². The van der Waals surface area contributed by atoms with Gasteiger partial charge in [0.1, 0.15) is 17.9 Å². The number of para-hydroxylation sites is 1. The van der Waals surface area contributed by atoms with E-state index < -0.39 is 35.5 Å². The highest BCUT2D eigenvalue weighted by Crippen LogP contribution is 2.34. The molecule has 1 aliphatic rings. The van der Waals surface area contributed by atoms with Crippen molar-refractivity contribution in [1.29, 1.82) is 0 Å². The van der Waals surface area contributed by atoms with Crippen LogP contribution in [-0.2, 0) is 41.9 Å². The molecule has 16 heteroatoms. The molecular formula is C39H54N8O8. The second-order valence-electron chi connectivity index (χ2n) is 14.7. The summed E-state index contributed by atoms with van der Waals surface area (Å²) in [6.07, 6.45) is 4.63. The number of urea groups is 1.